The van der Waals surface area contributed by atoms with Crippen LogP contribution in [0.2, 0.25) is 0 Å². The highest BCUT2D eigenvalue weighted by Gasteiger charge is 2.48. The summed E-state index contributed by atoms with van der Waals surface area (Å²) in [7, 11) is 0. The highest BCUT2D eigenvalue weighted by atomic mass is 35.5. The zero-order valence-electron chi connectivity index (χ0n) is 15.0. The maximum Gasteiger partial charge on any atom is 0.242 e. The molecule has 2 heterocycles. The van der Waals surface area contributed by atoms with E-state index in [0.717, 1.165) is 64.7 Å². The van der Waals surface area contributed by atoms with E-state index in [-0.39, 0.29) is 48.5 Å². The average molecular weight is 372 g/mol. The van der Waals surface area contributed by atoms with Gasteiger partial charge < -0.3 is 10.2 Å². The van der Waals surface area contributed by atoms with Gasteiger partial charge in [0.15, 0.2) is 0 Å². The number of amides is 3. The van der Waals surface area contributed by atoms with E-state index < -0.39 is 0 Å². The predicted octanol–water partition coefficient (Wildman–Crippen LogP) is 1.43. The number of nitrogens with zero attached hydrogens (tertiary/aromatic N) is 2. The Labute approximate surface area is 156 Å². The van der Waals surface area contributed by atoms with Gasteiger partial charge in [-0.25, -0.2) is 0 Å². The fourth-order valence-electron chi connectivity index (χ4n) is 4.36. The molecule has 0 aromatic carbocycles. The summed E-state index contributed by atoms with van der Waals surface area (Å²) in [5.74, 6) is -0.000796. The molecule has 0 aromatic heterocycles. The van der Waals surface area contributed by atoms with Crippen molar-refractivity contribution in [3.05, 3.63) is 0 Å². The molecular weight excluding hydrogens is 342 g/mol. The molecule has 3 rings (SSSR count). The van der Waals surface area contributed by atoms with Crippen molar-refractivity contribution in [1.29, 1.82) is 0 Å². The third-order valence-electron chi connectivity index (χ3n) is 5.88. The molecule has 2 atom stereocenters. The Kier molecular flexibility index (Phi) is 7.25. The second-order valence-electron chi connectivity index (χ2n) is 7.39. The number of hydrogen-bond donors (Lipinski definition) is 1. The summed E-state index contributed by atoms with van der Waals surface area (Å²) < 4.78 is 0. The number of carbonyl (C=O) groups is 3. The van der Waals surface area contributed by atoms with Gasteiger partial charge in [-0.15, -0.1) is 12.4 Å². The van der Waals surface area contributed by atoms with E-state index in [9.17, 15) is 14.4 Å². The van der Waals surface area contributed by atoms with Crippen LogP contribution in [-0.4, -0.2) is 60.2 Å². The Morgan fingerprint density at radius 1 is 1.04 bits per heavy atom. The van der Waals surface area contributed by atoms with Gasteiger partial charge in [-0.1, -0.05) is 19.8 Å². The smallest absolute Gasteiger partial charge is 0.242 e. The first-order chi connectivity index (χ1) is 11.6. The molecule has 1 aliphatic carbocycles. The van der Waals surface area contributed by atoms with Gasteiger partial charge >= 0.3 is 0 Å². The fraction of sp³-hybridized carbons (Fsp3) is 0.833. The Morgan fingerprint density at radius 3 is 2.12 bits per heavy atom. The lowest BCUT2D eigenvalue weighted by atomic mass is 9.81. The maximum atomic E-state index is 12.5. The zero-order chi connectivity index (χ0) is 17.1. The molecule has 1 saturated carbocycles. The highest BCUT2D eigenvalue weighted by Crippen LogP contribution is 2.37. The van der Waals surface area contributed by atoms with Crippen LogP contribution in [-0.2, 0) is 14.4 Å². The second-order valence-corrected chi connectivity index (χ2v) is 7.39. The first kappa shape index (κ1) is 20.2. The van der Waals surface area contributed by atoms with Gasteiger partial charge in [0.25, 0.3) is 0 Å². The first-order valence-corrected chi connectivity index (χ1v) is 9.45. The van der Waals surface area contributed by atoms with Crippen LogP contribution >= 0.6 is 12.4 Å². The van der Waals surface area contributed by atoms with Crippen molar-refractivity contribution in [1.82, 2.24) is 15.1 Å². The van der Waals surface area contributed by atoms with Crippen LogP contribution in [0, 0.1) is 17.8 Å². The lowest BCUT2D eigenvalue weighted by Crippen LogP contribution is -2.46. The Hall–Kier alpha value is -1.14. The molecular formula is C18H30ClN3O3. The monoisotopic (exact) mass is 371 g/mol. The van der Waals surface area contributed by atoms with Crippen LogP contribution in [0.1, 0.15) is 45.4 Å². The van der Waals surface area contributed by atoms with Crippen LogP contribution in [0.5, 0.6) is 0 Å². The summed E-state index contributed by atoms with van der Waals surface area (Å²) in [6.45, 7) is 5.49. The van der Waals surface area contributed by atoms with Gasteiger partial charge in [0.2, 0.25) is 17.7 Å². The molecule has 3 fully saturated rings. The van der Waals surface area contributed by atoms with Crippen LogP contribution in [0.25, 0.3) is 0 Å². The van der Waals surface area contributed by atoms with E-state index in [1.54, 1.807) is 0 Å². The van der Waals surface area contributed by atoms with Crippen LogP contribution in [0.15, 0.2) is 0 Å². The van der Waals surface area contributed by atoms with E-state index >= 15 is 0 Å². The van der Waals surface area contributed by atoms with Crippen LogP contribution < -0.4 is 5.32 Å². The number of nitrogens with one attached hydrogen (secondary N) is 1. The van der Waals surface area contributed by atoms with Crippen LogP contribution in [0.4, 0.5) is 0 Å². The number of rotatable bonds is 5. The summed E-state index contributed by atoms with van der Waals surface area (Å²) in [6.07, 6.45) is 5.62. The van der Waals surface area contributed by atoms with Crippen molar-refractivity contribution in [2.75, 3.05) is 32.7 Å². The normalized spacial score (nSPS) is 27.2. The van der Waals surface area contributed by atoms with Crippen molar-refractivity contribution in [3.63, 3.8) is 0 Å². The molecule has 0 aromatic rings. The van der Waals surface area contributed by atoms with Crippen LogP contribution in [0.3, 0.4) is 0 Å². The van der Waals surface area contributed by atoms with Crippen molar-refractivity contribution in [2.45, 2.75) is 45.4 Å². The maximum absolute atomic E-state index is 12.5. The van der Waals surface area contributed by atoms with Gasteiger partial charge in [0.1, 0.15) is 6.54 Å². The number of imide groups is 1. The highest BCUT2D eigenvalue weighted by molar-refractivity contribution is 6.07. The number of likely N-dealkylation sites (tertiary alicyclic amines) is 2. The van der Waals surface area contributed by atoms with E-state index in [1.165, 1.54) is 4.90 Å². The number of fused-ring (bicyclic) bond motifs is 1. The van der Waals surface area contributed by atoms with Gasteiger partial charge in [-0.3, -0.25) is 19.3 Å². The molecule has 3 amide bonds. The third kappa shape index (κ3) is 4.34. The molecule has 25 heavy (non-hydrogen) atoms. The average Bonchev–Trinajstić information content (AvgIpc) is 2.85. The van der Waals surface area contributed by atoms with Crippen molar-refractivity contribution >= 4 is 30.1 Å². The van der Waals surface area contributed by atoms with Crippen molar-refractivity contribution in [2.24, 2.45) is 17.8 Å². The molecule has 1 N–H and O–H groups in total. The zero-order valence-corrected chi connectivity index (χ0v) is 15.9. The van der Waals surface area contributed by atoms with E-state index in [2.05, 4.69) is 12.2 Å². The predicted molar refractivity (Wildman–Crippen MR) is 97.3 cm³/mol. The van der Waals surface area contributed by atoms with Gasteiger partial charge in [-0.05, 0) is 44.7 Å². The lowest BCUT2D eigenvalue weighted by Gasteiger charge is -2.33. The summed E-state index contributed by atoms with van der Waals surface area (Å²) >= 11 is 0. The van der Waals surface area contributed by atoms with E-state index in [4.69, 9.17) is 0 Å². The topological polar surface area (TPSA) is 69.7 Å². The second kappa shape index (κ2) is 8.99. The molecule has 7 heteroatoms. The number of carbonyl (C=O) groups excluding carboxylic acids is 3. The number of hydrogen-bond acceptors (Lipinski definition) is 4. The van der Waals surface area contributed by atoms with Gasteiger partial charge in [0.05, 0.1) is 11.8 Å². The number of piperidine rings is 1. The Morgan fingerprint density at radius 2 is 1.60 bits per heavy atom. The molecule has 6 nitrogen and oxygen atoms in total. The number of halogens is 1. The first-order valence-electron chi connectivity index (χ1n) is 9.45. The minimum Gasteiger partial charge on any atom is -0.341 e. The summed E-state index contributed by atoms with van der Waals surface area (Å²) in [4.78, 5) is 40.5. The minimum atomic E-state index is -0.162. The molecule has 2 saturated heterocycles. The van der Waals surface area contributed by atoms with E-state index in [0.29, 0.717) is 5.92 Å². The summed E-state index contributed by atoms with van der Waals surface area (Å²) in [5.41, 5.74) is 0. The molecule has 3 aliphatic rings. The summed E-state index contributed by atoms with van der Waals surface area (Å²) in [5, 5.41) is 3.36. The molecule has 0 radical (unpaired) electrons. The Bertz CT molecular complexity index is 482. The standard InChI is InChI=1S/C18H29N3O3.ClH/c1-2-19-11-13-7-9-20(10-8-13)16(22)12-21-17(23)14-5-3-4-6-15(14)18(21)24;/h13-15,19H,2-12H2,1H3;1H. The third-order valence-corrected chi connectivity index (χ3v) is 5.88. The van der Waals surface area contributed by atoms with E-state index in [1.807, 2.05) is 4.90 Å². The fourth-order valence-corrected chi connectivity index (χ4v) is 4.36. The van der Waals surface area contributed by atoms with Crippen molar-refractivity contribution in [3.8, 4) is 0 Å². The SMILES string of the molecule is CCNCC1CCN(C(=O)CN2C(=O)C3CCCCC3C2=O)CC1.Cl. The molecule has 0 bridgehead atoms. The lowest BCUT2D eigenvalue weighted by molar-refractivity contribution is -0.147. The largest absolute Gasteiger partial charge is 0.341 e. The van der Waals surface area contributed by atoms with Gasteiger partial charge in [-0.2, -0.15) is 0 Å². The molecule has 0 spiro atoms. The molecule has 2 aliphatic heterocycles. The minimum absolute atomic E-state index is 0. The molecule has 142 valence electrons. The Balaban J connectivity index is 0.00000225. The molecule has 2 unspecified atom stereocenters. The van der Waals surface area contributed by atoms with Crippen molar-refractivity contribution < 1.29 is 14.4 Å². The van der Waals surface area contributed by atoms with Gasteiger partial charge in [0, 0.05) is 13.1 Å². The summed E-state index contributed by atoms with van der Waals surface area (Å²) in [6, 6.07) is 0. The quantitative estimate of drug-likeness (QED) is 0.742.